The molecule has 2 heterocycles. The number of amides is 4. The highest BCUT2D eigenvalue weighted by molar-refractivity contribution is 7.90. The first-order valence-corrected chi connectivity index (χ1v) is 17.9. The van der Waals surface area contributed by atoms with Crippen molar-refractivity contribution < 1.29 is 40.7 Å². The molecule has 0 spiro atoms. The minimum atomic E-state index is -4.68. The molecule has 0 radical (unpaired) electrons. The maximum Gasteiger partial charge on any atom is 0.413 e. The zero-order valence-electron chi connectivity index (χ0n) is 27.6. The topological polar surface area (TPSA) is 146 Å². The van der Waals surface area contributed by atoms with Gasteiger partial charge in [0, 0.05) is 36.8 Å². The Kier molecular flexibility index (Phi) is 10.8. The van der Waals surface area contributed by atoms with Crippen molar-refractivity contribution in [2.75, 3.05) is 13.1 Å². The Labute approximate surface area is 284 Å². The van der Waals surface area contributed by atoms with Crippen molar-refractivity contribution in [2.45, 2.75) is 88.7 Å². The number of halogens is 3. The summed E-state index contributed by atoms with van der Waals surface area (Å²) in [6, 6.07) is 4.88. The van der Waals surface area contributed by atoms with Gasteiger partial charge in [-0.05, 0) is 86.8 Å². The van der Waals surface area contributed by atoms with Gasteiger partial charge in [0.1, 0.15) is 12.3 Å². The molecule has 1 saturated carbocycles. The normalized spacial score (nSPS) is 25.6. The van der Waals surface area contributed by atoms with E-state index in [1.165, 1.54) is 30.4 Å². The zero-order valence-corrected chi connectivity index (χ0v) is 28.4. The van der Waals surface area contributed by atoms with E-state index in [1.807, 2.05) is 13.8 Å². The molecule has 0 bridgehead atoms. The van der Waals surface area contributed by atoms with Crippen molar-refractivity contribution in [3.05, 3.63) is 76.5 Å². The number of hydrogen-bond acceptors (Lipinski definition) is 7. The lowest BCUT2D eigenvalue weighted by Gasteiger charge is -2.34. The third kappa shape index (κ3) is 8.67. The molecular weight excluding hydrogens is 663 g/mol. The minimum Gasteiger partial charge on any atom is -0.454 e. The van der Waals surface area contributed by atoms with E-state index in [1.54, 1.807) is 17.0 Å². The second-order valence-corrected chi connectivity index (χ2v) is 14.7. The summed E-state index contributed by atoms with van der Waals surface area (Å²) in [5.74, 6) is -1.62. The number of sulfonamides is 1. The molecule has 1 aromatic rings. The summed E-state index contributed by atoms with van der Waals surface area (Å²) < 4.78 is 73.4. The first-order chi connectivity index (χ1) is 23.1. The van der Waals surface area contributed by atoms with Crippen LogP contribution in [-0.4, -0.2) is 68.9 Å². The van der Waals surface area contributed by atoms with Gasteiger partial charge >= 0.3 is 24.2 Å². The van der Waals surface area contributed by atoms with E-state index in [4.69, 9.17) is 4.74 Å². The third-order valence-corrected chi connectivity index (χ3v) is 10.8. The van der Waals surface area contributed by atoms with Crippen LogP contribution in [0.5, 0.6) is 0 Å². The first-order valence-electron chi connectivity index (χ1n) is 16.5. The number of fused-ring (bicyclic) bond motifs is 1. The summed E-state index contributed by atoms with van der Waals surface area (Å²) in [5.41, 5.74) is 2.16. The molecule has 4 N–H and O–H groups in total. The van der Waals surface area contributed by atoms with Gasteiger partial charge in [0.2, 0.25) is 0 Å². The molecule has 49 heavy (non-hydrogen) atoms. The van der Waals surface area contributed by atoms with Crippen molar-refractivity contribution in [3.8, 4) is 0 Å². The molecule has 3 unspecified atom stereocenters. The number of allylic oxidation sites excluding steroid dienone is 1. The molecule has 3 atom stereocenters. The second-order valence-electron chi connectivity index (χ2n) is 13.0. The molecule has 4 amide bonds. The van der Waals surface area contributed by atoms with Gasteiger partial charge in [-0.1, -0.05) is 37.6 Å². The lowest BCUT2D eigenvalue weighted by Crippen LogP contribution is -2.50. The average Bonchev–Trinajstić information content (AvgIpc) is 3.35. The van der Waals surface area contributed by atoms with Crippen LogP contribution in [0, 0.1) is 11.8 Å². The van der Waals surface area contributed by atoms with Gasteiger partial charge < -0.3 is 20.7 Å². The molecule has 266 valence electrons. The summed E-state index contributed by atoms with van der Waals surface area (Å²) in [7, 11) is -4.07. The fourth-order valence-electron chi connectivity index (χ4n) is 6.73. The van der Waals surface area contributed by atoms with Gasteiger partial charge in [-0.3, -0.25) is 4.90 Å². The summed E-state index contributed by atoms with van der Waals surface area (Å²) in [6.45, 7) is 6.59. The number of urea groups is 2. The van der Waals surface area contributed by atoms with E-state index in [9.17, 15) is 36.0 Å². The molecule has 1 fully saturated rings. The number of hydrogen-bond donors (Lipinski definition) is 4. The zero-order chi connectivity index (χ0) is 35.5. The van der Waals surface area contributed by atoms with Gasteiger partial charge in [0.15, 0.2) is 0 Å². The molecule has 11 nitrogen and oxygen atoms in total. The van der Waals surface area contributed by atoms with E-state index < -0.39 is 52.0 Å². The van der Waals surface area contributed by atoms with Crippen molar-refractivity contribution in [3.63, 3.8) is 0 Å². The first kappa shape index (κ1) is 36.0. The van der Waals surface area contributed by atoms with Crippen LogP contribution >= 0.6 is 0 Å². The van der Waals surface area contributed by atoms with Crippen molar-refractivity contribution in [1.82, 2.24) is 25.6 Å². The molecule has 0 saturated heterocycles. The van der Waals surface area contributed by atoms with Crippen molar-refractivity contribution in [1.29, 1.82) is 0 Å². The van der Waals surface area contributed by atoms with Crippen LogP contribution in [0.4, 0.5) is 22.8 Å². The minimum absolute atomic E-state index is 0.0521. The standard InChI is InChI=1S/C34H42F3N5O6S/c1-4-26-21(3)19-42(31(26)39-24-11-14-27-28(34(35,36)37)18-30(43)48-29(27)17-24)33(45)38-16-15-22-7-12-25(13-8-22)49(46,47)41-32(44)40-23-9-5-20(2)6-10-23/h7-8,11-14,17-18,20,23,27,29,31,39H,4-6,9-10,15-16,19H2,1-3H3,(H,38,45)(H2,40,41,44). The van der Waals surface area contributed by atoms with E-state index >= 15 is 0 Å². The fraction of sp³-hybridized carbons (Fsp3) is 0.500. The highest BCUT2D eigenvalue weighted by atomic mass is 32.2. The molecule has 4 aliphatic rings. The lowest BCUT2D eigenvalue weighted by atomic mass is 9.86. The molecular formula is C34H42F3N5O6S. The van der Waals surface area contributed by atoms with E-state index in [0.29, 0.717) is 37.1 Å². The number of alkyl halides is 3. The van der Waals surface area contributed by atoms with Gasteiger partial charge in [-0.15, -0.1) is 0 Å². The number of esters is 1. The predicted molar refractivity (Wildman–Crippen MR) is 175 cm³/mol. The third-order valence-electron chi connectivity index (χ3n) is 9.44. The monoisotopic (exact) mass is 705 g/mol. The van der Waals surface area contributed by atoms with E-state index in [2.05, 4.69) is 27.6 Å². The van der Waals surface area contributed by atoms with Gasteiger partial charge in [0.05, 0.1) is 10.5 Å². The van der Waals surface area contributed by atoms with Crippen LogP contribution in [0.15, 0.2) is 75.9 Å². The summed E-state index contributed by atoms with van der Waals surface area (Å²) >= 11 is 0. The van der Waals surface area contributed by atoms with Gasteiger partial charge in [-0.2, -0.15) is 13.2 Å². The number of benzene rings is 1. The Bertz CT molecular complexity index is 1680. The molecule has 5 rings (SSSR count). The maximum atomic E-state index is 13.5. The Hall–Kier alpha value is -4.27. The molecule has 1 aromatic carbocycles. The summed E-state index contributed by atoms with van der Waals surface area (Å²) in [6.07, 6.45) is 2.98. The molecule has 0 aromatic heterocycles. The van der Waals surface area contributed by atoms with Crippen LogP contribution in [-0.2, 0) is 26.0 Å². The second kappa shape index (κ2) is 14.7. The van der Waals surface area contributed by atoms with Crippen molar-refractivity contribution in [2.24, 2.45) is 11.8 Å². The van der Waals surface area contributed by atoms with Crippen LogP contribution in [0.1, 0.15) is 58.4 Å². The molecule has 2 aliphatic heterocycles. The van der Waals surface area contributed by atoms with Gasteiger partial charge in [-0.25, -0.2) is 27.5 Å². The van der Waals surface area contributed by atoms with Crippen LogP contribution < -0.4 is 20.7 Å². The number of rotatable bonds is 9. The SMILES string of the molecule is CCC1=C(C)CN(C(=O)NCCc2ccc(S(=O)(=O)NC(=O)NC3CCC(C)CC3)cc2)C1NC1=CC2OC(=O)C=C(C(F)(F)F)C2C=C1. The Morgan fingerprint density at radius 2 is 1.78 bits per heavy atom. The predicted octanol–water partition coefficient (Wildman–Crippen LogP) is 4.95. The van der Waals surface area contributed by atoms with Crippen LogP contribution in [0.25, 0.3) is 0 Å². The smallest absolute Gasteiger partial charge is 0.413 e. The fourth-order valence-corrected chi connectivity index (χ4v) is 7.64. The highest BCUT2D eigenvalue weighted by Gasteiger charge is 2.45. The summed E-state index contributed by atoms with van der Waals surface area (Å²) in [4.78, 5) is 39.1. The van der Waals surface area contributed by atoms with Gasteiger partial charge in [0.25, 0.3) is 10.0 Å². The van der Waals surface area contributed by atoms with Crippen molar-refractivity contribution >= 4 is 28.1 Å². The number of nitrogens with one attached hydrogen (secondary N) is 4. The van der Waals surface area contributed by atoms with E-state index in [0.717, 1.165) is 42.4 Å². The number of nitrogens with zero attached hydrogens (tertiary/aromatic N) is 1. The largest absolute Gasteiger partial charge is 0.454 e. The van der Waals surface area contributed by atoms with E-state index in [-0.39, 0.29) is 23.5 Å². The number of carbonyl (C=O) groups is 3. The number of carbonyl (C=O) groups excluding carboxylic acids is 3. The molecule has 2 aliphatic carbocycles. The lowest BCUT2D eigenvalue weighted by molar-refractivity contribution is -0.149. The quantitative estimate of drug-likeness (QED) is 0.210. The van der Waals surface area contributed by atoms with Crippen LogP contribution in [0.3, 0.4) is 0 Å². The summed E-state index contributed by atoms with van der Waals surface area (Å²) in [5, 5.41) is 8.88. The average molecular weight is 706 g/mol. The maximum absolute atomic E-state index is 13.5. The Morgan fingerprint density at radius 1 is 1.08 bits per heavy atom. The Morgan fingerprint density at radius 3 is 2.43 bits per heavy atom. The van der Waals surface area contributed by atoms with Crippen LogP contribution in [0.2, 0.25) is 0 Å². The molecule has 15 heteroatoms. The highest BCUT2D eigenvalue weighted by Crippen LogP contribution is 2.39. The Balaban J connectivity index is 1.15. The number of ether oxygens (including phenoxy) is 1.